The summed E-state index contributed by atoms with van der Waals surface area (Å²) >= 11 is 6.62. The van der Waals surface area contributed by atoms with Crippen LogP contribution in [-0.2, 0) is 9.59 Å². The van der Waals surface area contributed by atoms with E-state index in [9.17, 15) is 9.59 Å². The number of halogens is 2. The molecule has 0 fully saturated rings. The van der Waals surface area contributed by atoms with Crippen LogP contribution in [0.1, 0.15) is 13.3 Å². The molecule has 1 aromatic rings. The van der Waals surface area contributed by atoms with E-state index in [1.807, 2.05) is 18.2 Å². The zero-order chi connectivity index (χ0) is 11.4. The summed E-state index contributed by atoms with van der Waals surface area (Å²) in [7, 11) is 0. The predicted octanol–water partition coefficient (Wildman–Crippen LogP) is 3.13. The molecule has 15 heavy (non-hydrogen) atoms. The number of amides is 1. The fourth-order valence-corrected chi connectivity index (χ4v) is 2.22. The van der Waals surface area contributed by atoms with Gasteiger partial charge >= 0.3 is 0 Å². The zero-order valence-electron chi connectivity index (χ0n) is 8.01. The van der Waals surface area contributed by atoms with E-state index in [2.05, 4.69) is 37.2 Å². The van der Waals surface area contributed by atoms with Gasteiger partial charge in [0.2, 0.25) is 5.91 Å². The van der Waals surface area contributed by atoms with Crippen molar-refractivity contribution >= 4 is 49.2 Å². The molecule has 0 aliphatic carbocycles. The Bertz CT molecular complexity index is 384. The van der Waals surface area contributed by atoms with Crippen LogP contribution in [0.25, 0.3) is 0 Å². The highest BCUT2D eigenvalue weighted by molar-refractivity contribution is 9.11. The molecule has 0 atom stereocenters. The summed E-state index contributed by atoms with van der Waals surface area (Å²) in [6.07, 6.45) is -0.103. The highest BCUT2D eigenvalue weighted by Gasteiger charge is 2.10. The first-order valence-electron chi connectivity index (χ1n) is 4.24. The molecule has 0 spiro atoms. The number of nitrogens with one attached hydrogen (secondary N) is 1. The molecule has 5 heteroatoms. The molecule has 80 valence electrons. The van der Waals surface area contributed by atoms with Crippen molar-refractivity contribution in [2.45, 2.75) is 13.3 Å². The van der Waals surface area contributed by atoms with Crippen LogP contribution in [0.2, 0.25) is 0 Å². The van der Waals surface area contributed by atoms with Crippen molar-refractivity contribution in [3.63, 3.8) is 0 Å². The number of hydrogen-bond donors (Lipinski definition) is 1. The lowest BCUT2D eigenvalue weighted by Crippen LogP contribution is -2.15. The molecule has 1 amide bonds. The van der Waals surface area contributed by atoms with Gasteiger partial charge in [-0.25, -0.2) is 0 Å². The van der Waals surface area contributed by atoms with Gasteiger partial charge in [-0.3, -0.25) is 9.59 Å². The van der Waals surface area contributed by atoms with Gasteiger partial charge in [0.25, 0.3) is 0 Å². The van der Waals surface area contributed by atoms with Crippen LogP contribution in [0.15, 0.2) is 27.1 Å². The normalized spacial score (nSPS) is 9.80. The van der Waals surface area contributed by atoms with Crippen LogP contribution in [0.4, 0.5) is 5.69 Å². The van der Waals surface area contributed by atoms with Crippen LogP contribution in [-0.4, -0.2) is 11.7 Å². The molecule has 0 aromatic heterocycles. The van der Waals surface area contributed by atoms with Crippen molar-refractivity contribution in [1.29, 1.82) is 0 Å². The summed E-state index contributed by atoms with van der Waals surface area (Å²) < 4.78 is 1.54. The number of anilines is 1. The molecule has 1 aromatic carbocycles. The predicted molar refractivity (Wildman–Crippen MR) is 65.8 cm³/mol. The quantitative estimate of drug-likeness (QED) is 0.863. The second-order valence-corrected chi connectivity index (χ2v) is 4.73. The van der Waals surface area contributed by atoms with Gasteiger partial charge in [-0.2, -0.15) is 0 Å². The minimum Gasteiger partial charge on any atom is -0.324 e. The second kappa shape index (κ2) is 5.42. The topological polar surface area (TPSA) is 46.2 Å². The van der Waals surface area contributed by atoms with Crippen LogP contribution < -0.4 is 5.32 Å². The molecular formula is C10H9Br2NO2. The van der Waals surface area contributed by atoms with Gasteiger partial charge in [-0.1, -0.05) is 6.07 Å². The van der Waals surface area contributed by atoms with Crippen LogP contribution in [0.3, 0.4) is 0 Å². The number of rotatable bonds is 3. The smallest absolute Gasteiger partial charge is 0.231 e. The second-order valence-electron chi connectivity index (χ2n) is 3.02. The SMILES string of the molecule is CC(=O)CC(=O)Nc1c(Br)cccc1Br. The van der Waals surface area contributed by atoms with Gasteiger partial charge in [0, 0.05) is 8.95 Å². The first-order valence-corrected chi connectivity index (χ1v) is 5.82. The lowest BCUT2D eigenvalue weighted by atomic mass is 10.2. The number of hydrogen-bond acceptors (Lipinski definition) is 2. The van der Waals surface area contributed by atoms with Crippen molar-refractivity contribution in [2.24, 2.45) is 0 Å². The first kappa shape index (κ1) is 12.4. The van der Waals surface area contributed by atoms with Crippen molar-refractivity contribution in [3.05, 3.63) is 27.1 Å². The Morgan fingerprint density at radius 1 is 1.27 bits per heavy atom. The fraction of sp³-hybridized carbons (Fsp3) is 0.200. The maximum absolute atomic E-state index is 11.4. The Labute approximate surface area is 104 Å². The molecule has 0 saturated heterocycles. The van der Waals surface area contributed by atoms with E-state index in [0.29, 0.717) is 5.69 Å². The van der Waals surface area contributed by atoms with Crippen LogP contribution >= 0.6 is 31.9 Å². The van der Waals surface area contributed by atoms with Crippen molar-refractivity contribution in [3.8, 4) is 0 Å². The average molecular weight is 335 g/mol. The number of benzene rings is 1. The summed E-state index contributed by atoms with van der Waals surface area (Å²) in [5.41, 5.74) is 0.642. The zero-order valence-corrected chi connectivity index (χ0v) is 11.2. The Kier molecular flexibility index (Phi) is 4.47. The maximum atomic E-state index is 11.4. The molecule has 3 nitrogen and oxygen atoms in total. The number of carbonyl (C=O) groups excluding carboxylic acids is 2. The van der Waals surface area contributed by atoms with E-state index in [-0.39, 0.29) is 18.1 Å². The lowest BCUT2D eigenvalue weighted by molar-refractivity contribution is -0.124. The van der Waals surface area contributed by atoms with Gasteiger partial charge in [-0.05, 0) is 50.9 Å². The molecule has 0 aliphatic heterocycles. The minimum absolute atomic E-state index is 0.103. The summed E-state index contributed by atoms with van der Waals surface area (Å²) in [4.78, 5) is 22.1. The summed E-state index contributed by atoms with van der Waals surface area (Å²) in [5, 5.41) is 2.66. The largest absolute Gasteiger partial charge is 0.324 e. The average Bonchev–Trinajstić information content (AvgIpc) is 2.10. The molecule has 1 N–H and O–H groups in total. The Hall–Kier alpha value is -0.680. The van der Waals surface area contributed by atoms with E-state index in [1.54, 1.807) is 0 Å². The van der Waals surface area contributed by atoms with Gasteiger partial charge < -0.3 is 5.32 Å². The van der Waals surface area contributed by atoms with E-state index in [0.717, 1.165) is 8.95 Å². The molecular weight excluding hydrogens is 326 g/mol. The lowest BCUT2D eigenvalue weighted by Gasteiger charge is -2.08. The molecule has 0 bridgehead atoms. The van der Waals surface area contributed by atoms with Gasteiger partial charge in [0.15, 0.2) is 0 Å². The van der Waals surface area contributed by atoms with Crippen LogP contribution in [0, 0.1) is 0 Å². The standard InChI is InChI=1S/C10H9Br2NO2/c1-6(14)5-9(15)13-10-7(11)3-2-4-8(10)12/h2-4H,5H2,1H3,(H,13,15). The van der Waals surface area contributed by atoms with Crippen molar-refractivity contribution in [1.82, 2.24) is 0 Å². The Balaban J connectivity index is 2.80. The first-order chi connectivity index (χ1) is 7.00. The Morgan fingerprint density at radius 3 is 2.27 bits per heavy atom. The van der Waals surface area contributed by atoms with Crippen LogP contribution in [0.5, 0.6) is 0 Å². The third-order valence-electron chi connectivity index (χ3n) is 1.64. The van der Waals surface area contributed by atoms with E-state index in [1.165, 1.54) is 6.92 Å². The van der Waals surface area contributed by atoms with Gasteiger partial charge in [0.1, 0.15) is 5.78 Å². The third kappa shape index (κ3) is 3.76. The minimum atomic E-state index is -0.310. The summed E-state index contributed by atoms with van der Waals surface area (Å²) in [6.45, 7) is 1.38. The highest BCUT2D eigenvalue weighted by Crippen LogP contribution is 2.30. The van der Waals surface area contributed by atoms with Gasteiger partial charge in [0.05, 0.1) is 12.1 Å². The van der Waals surface area contributed by atoms with E-state index in [4.69, 9.17) is 0 Å². The molecule has 0 aliphatic rings. The number of ketones is 1. The monoisotopic (exact) mass is 333 g/mol. The highest BCUT2D eigenvalue weighted by atomic mass is 79.9. The molecule has 0 unspecified atom stereocenters. The van der Waals surface area contributed by atoms with Crippen molar-refractivity contribution in [2.75, 3.05) is 5.32 Å². The van der Waals surface area contributed by atoms with E-state index >= 15 is 0 Å². The fourth-order valence-electron chi connectivity index (χ4n) is 1.03. The Morgan fingerprint density at radius 2 is 1.80 bits per heavy atom. The number of Topliss-reactive ketones (excluding diaryl/α,β-unsaturated/α-hetero) is 1. The third-order valence-corrected chi connectivity index (χ3v) is 2.96. The maximum Gasteiger partial charge on any atom is 0.231 e. The molecule has 1 rings (SSSR count). The van der Waals surface area contributed by atoms with E-state index < -0.39 is 0 Å². The molecule has 0 heterocycles. The van der Waals surface area contributed by atoms with Crippen molar-refractivity contribution < 1.29 is 9.59 Å². The number of carbonyl (C=O) groups is 2. The molecule has 0 radical (unpaired) electrons. The number of para-hydroxylation sites is 1. The summed E-state index contributed by atoms with van der Waals surface area (Å²) in [6, 6.07) is 5.47. The molecule has 0 saturated carbocycles. The summed E-state index contributed by atoms with van der Waals surface area (Å²) in [5.74, 6) is -0.467. The van der Waals surface area contributed by atoms with Gasteiger partial charge in [-0.15, -0.1) is 0 Å².